The predicted octanol–water partition coefficient (Wildman–Crippen LogP) is 4.02. The lowest BCUT2D eigenvalue weighted by Crippen LogP contribution is -2.63. The SMILES string of the molecule is CCOc1ccc(NC(=O)CN2C(=O)N(CCC(=O)NC3CCN(Cc4ccccc4)CC3)C(=O)C3CCCCC32)cc1. The summed E-state index contributed by atoms with van der Waals surface area (Å²) >= 11 is 0. The fourth-order valence-corrected chi connectivity index (χ4v) is 6.50. The van der Waals surface area contributed by atoms with E-state index >= 15 is 0 Å². The van der Waals surface area contributed by atoms with Crippen LogP contribution in [0.1, 0.15) is 57.4 Å². The van der Waals surface area contributed by atoms with Crippen molar-refractivity contribution in [1.82, 2.24) is 20.0 Å². The molecule has 43 heavy (non-hydrogen) atoms. The summed E-state index contributed by atoms with van der Waals surface area (Å²) in [6.45, 7) is 5.02. The standard InChI is InChI=1S/C33H43N5O5/c1-2-43-27-14-12-25(13-15-27)35-31(40)23-38-29-11-7-6-10-28(29)32(41)37(33(38)42)21-18-30(39)34-26-16-19-36(20-17-26)22-24-8-4-3-5-9-24/h3-5,8-9,12-15,26,28-29H,2,6-7,10-11,16-23H2,1H3,(H,34,39)(H,35,40). The van der Waals surface area contributed by atoms with Crippen molar-refractivity contribution in [2.45, 2.75) is 70.5 Å². The maximum Gasteiger partial charge on any atom is 0.327 e. The highest BCUT2D eigenvalue weighted by molar-refractivity contribution is 6.01. The molecular formula is C33H43N5O5. The summed E-state index contributed by atoms with van der Waals surface area (Å²) in [7, 11) is 0. The Bertz CT molecular complexity index is 1260. The number of ether oxygens (including phenoxy) is 1. The fourth-order valence-electron chi connectivity index (χ4n) is 6.50. The molecule has 2 aliphatic heterocycles. The quantitative estimate of drug-likeness (QED) is 0.410. The average molecular weight is 590 g/mol. The van der Waals surface area contributed by atoms with Crippen LogP contribution in [0.2, 0.25) is 0 Å². The van der Waals surface area contributed by atoms with Crippen LogP contribution < -0.4 is 15.4 Å². The highest BCUT2D eigenvalue weighted by Crippen LogP contribution is 2.34. The highest BCUT2D eigenvalue weighted by Gasteiger charge is 2.47. The average Bonchev–Trinajstić information content (AvgIpc) is 3.02. The largest absolute Gasteiger partial charge is 0.494 e. The van der Waals surface area contributed by atoms with Crippen LogP contribution in [0.5, 0.6) is 5.75 Å². The van der Waals surface area contributed by atoms with Crippen LogP contribution in [0.4, 0.5) is 10.5 Å². The Kier molecular flexibility index (Phi) is 10.3. The number of benzene rings is 2. The van der Waals surface area contributed by atoms with Crippen molar-refractivity contribution in [3.63, 3.8) is 0 Å². The molecule has 10 nitrogen and oxygen atoms in total. The van der Waals surface area contributed by atoms with Crippen molar-refractivity contribution >= 4 is 29.4 Å². The number of imide groups is 1. The summed E-state index contributed by atoms with van der Waals surface area (Å²) < 4.78 is 5.46. The smallest absolute Gasteiger partial charge is 0.327 e. The van der Waals surface area contributed by atoms with Gasteiger partial charge in [-0.15, -0.1) is 0 Å². The third-order valence-corrected chi connectivity index (χ3v) is 8.72. The monoisotopic (exact) mass is 589 g/mol. The number of fused-ring (bicyclic) bond motifs is 1. The van der Waals surface area contributed by atoms with Crippen LogP contribution in [-0.4, -0.2) is 83.3 Å². The molecule has 2 unspecified atom stereocenters. The molecule has 3 fully saturated rings. The Labute approximate surface area is 253 Å². The molecule has 5 rings (SSSR count). The van der Waals surface area contributed by atoms with Crippen LogP contribution in [0.15, 0.2) is 54.6 Å². The first-order valence-corrected chi connectivity index (χ1v) is 15.6. The van der Waals surface area contributed by atoms with Gasteiger partial charge in [0.1, 0.15) is 12.3 Å². The Morgan fingerprint density at radius 3 is 2.35 bits per heavy atom. The van der Waals surface area contributed by atoms with Crippen molar-refractivity contribution in [2.24, 2.45) is 5.92 Å². The maximum atomic E-state index is 13.6. The molecule has 5 amide bonds. The number of anilines is 1. The molecule has 2 heterocycles. The Morgan fingerprint density at radius 2 is 1.63 bits per heavy atom. The minimum atomic E-state index is -0.489. The number of nitrogens with zero attached hydrogens (tertiary/aromatic N) is 3. The summed E-state index contributed by atoms with van der Waals surface area (Å²) in [5.41, 5.74) is 1.89. The van der Waals surface area contributed by atoms with Crippen molar-refractivity contribution < 1.29 is 23.9 Å². The van der Waals surface area contributed by atoms with E-state index in [4.69, 9.17) is 4.74 Å². The van der Waals surface area contributed by atoms with Crippen molar-refractivity contribution in [3.05, 3.63) is 60.2 Å². The van der Waals surface area contributed by atoms with Crippen molar-refractivity contribution in [3.8, 4) is 5.75 Å². The molecule has 2 aromatic rings. The third-order valence-electron chi connectivity index (χ3n) is 8.72. The Morgan fingerprint density at radius 1 is 0.907 bits per heavy atom. The van der Waals surface area contributed by atoms with Gasteiger partial charge in [-0.2, -0.15) is 0 Å². The molecule has 230 valence electrons. The topological polar surface area (TPSA) is 111 Å². The lowest BCUT2D eigenvalue weighted by Gasteiger charge is -2.46. The maximum absolute atomic E-state index is 13.6. The van der Waals surface area contributed by atoms with Gasteiger partial charge in [-0.1, -0.05) is 43.2 Å². The van der Waals surface area contributed by atoms with Gasteiger partial charge in [-0.05, 0) is 62.4 Å². The number of hydrogen-bond acceptors (Lipinski definition) is 6. The van der Waals surface area contributed by atoms with Gasteiger partial charge in [0, 0.05) is 50.4 Å². The molecule has 2 aromatic carbocycles. The minimum absolute atomic E-state index is 0.0105. The van der Waals surface area contributed by atoms with E-state index in [9.17, 15) is 19.2 Å². The third kappa shape index (κ3) is 7.93. The zero-order chi connectivity index (χ0) is 30.2. The van der Waals surface area contributed by atoms with E-state index in [1.54, 1.807) is 24.3 Å². The van der Waals surface area contributed by atoms with Gasteiger partial charge in [-0.25, -0.2) is 4.79 Å². The molecule has 1 saturated carbocycles. The lowest BCUT2D eigenvalue weighted by atomic mass is 9.81. The van der Waals surface area contributed by atoms with E-state index in [0.717, 1.165) is 45.3 Å². The Hall–Kier alpha value is -3.92. The van der Waals surface area contributed by atoms with Gasteiger partial charge in [-0.3, -0.25) is 24.2 Å². The number of carbonyl (C=O) groups is 4. The van der Waals surface area contributed by atoms with E-state index < -0.39 is 6.03 Å². The summed E-state index contributed by atoms with van der Waals surface area (Å²) in [6, 6.07) is 16.7. The normalized spacial score (nSPS) is 21.3. The Balaban J connectivity index is 1.13. The molecule has 0 spiro atoms. The molecule has 2 N–H and O–H groups in total. The first-order valence-electron chi connectivity index (χ1n) is 15.6. The van der Waals surface area contributed by atoms with Gasteiger partial charge in [0.05, 0.1) is 12.5 Å². The van der Waals surface area contributed by atoms with Gasteiger partial charge < -0.3 is 20.3 Å². The minimum Gasteiger partial charge on any atom is -0.494 e. The number of nitrogens with one attached hydrogen (secondary N) is 2. The predicted molar refractivity (Wildman–Crippen MR) is 163 cm³/mol. The molecule has 0 aromatic heterocycles. The van der Waals surface area contributed by atoms with Crippen molar-refractivity contribution in [1.29, 1.82) is 0 Å². The molecule has 2 atom stereocenters. The van der Waals surface area contributed by atoms with Gasteiger partial charge >= 0.3 is 6.03 Å². The second-order valence-electron chi connectivity index (χ2n) is 11.7. The molecule has 2 saturated heterocycles. The van der Waals surface area contributed by atoms with Gasteiger partial charge in [0.15, 0.2) is 0 Å². The number of piperidine rings is 1. The van der Waals surface area contributed by atoms with Gasteiger partial charge in [0.25, 0.3) is 0 Å². The second kappa shape index (κ2) is 14.5. The van der Waals surface area contributed by atoms with E-state index in [2.05, 4.69) is 27.7 Å². The van der Waals surface area contributed by atoms with Crippen LogP contribution in [0, 0.1) is 5.92 Å². The second-order valence-corrected chi connectivity index (χ2v) is 11.7. The molecule has 10 heteroatoms. The number of amides is 5. The zero-order valence-corrected chi connectivity index (χ0v) is 25.0. The van der Waals surface area contributed by atoms with E-state index in [1.165, 1.54) is 15.4 Å². The van der Waals surface area contributed by atoms with E-state index in [-0.39, 0.29) is 55.2 Å². The van der Waals surface area contributed by atoms with Crippen LogP contribution in [0.25, 0.3) is 0 Å². The lowest BCUT2D eigenvalue weighted by molar-refractivity contribution is -0.142. The van der Waals surface area contributed by atoms with E-state index in [0.29, 0.717) is 30.9 Å². The highest BCUT2D eigenvalue weighted by atomic mass is 16.5. The molecule has 0 bridgehead atoms. The number of carbonyl (C=O) groups excluding carboxylic acids is 4. The van der Waals surface area contributed by atoms with Crippen LogP contribution in [-0.2, 0) is 20.9 Å². The van der Waals surface area contributed by atoms with E-state index in [1.807, 2.05) is 25.1 Å². The summed E-state index contributed by atoms with van der Waals surface area (Å²) in [6.07, 6.45) is 4.96. The fraction of sp³-hybridized carbons (Fsp3) is 0.515. The van der Waals surface area contributed by atoms with Crippen LogP contribution in [0.3, 0.4) is 0 Å². The summed E-state index contributed by atoms with van der Waals surface area (Å²) in [5, 5.41) is 5.96. The van der Waals surface area contributed by atoms with Gasteiger partial charge in [0.2, 0.25) is 17.7 Å². The number of urea groups is 1. The first kappa shape index (κ1) is 30.5. The molecule has 1 aliphatic carbocycles. The summed E-state index contributed by atoms with van der Waals surface area (Å²) in [4.78, 5) is 58.0. The number of rotatable bonds is 11. The number of likely N-dealkylation sites (tertiary alicyclic amines) is 1. The molecule has 3 aliphatic rings. The molecule has 0 radical (unpaired) electrons. The zero-order valence-electron chi connectivity index (χ0n) is 25.0. The number of hydrogen-bond donors (Lipinski definition) is 2. The van der Waals surface area contributed by atoms with Crippen molar-refractivity contribution in [2.75, 3.05) is 38.1 Å². The first-order chi connectivity index (χ1) is 20.9. The van der Waals surface area contributed by atoms with Crippen LogP contribution >= 0.6 is 0 Å². The molecular weight excluding hydrogens is 546 g/mol. The summed E-state index contributed by atoms with van der Waals surface area (Å²) in [5.74, 6) is -0.342.